The van der Waals surface area contributed by atoms with Crippen molar-refractivity contribution < 1.29 is 0 Å². The fourth-order valence-corrected chi connectivity index (χ4v) is 2.19. The van der Waals surface area contributed by atoms with Gasteiger partial charge in [0.05, 0.1) is 0 Å². The molecular formula is C16H24N4. The van der Waals surface area contributed by atoms with E-state index in [2.05, 4.69) is 45.8 Å². The standard InChI is InChI=1S/C16H24N4/c1-3-17-16(20-15-6-4-5-7-15)18-11-10-14-9-8-13(2)19-12-14/h4-5,8-9,12,15H,3,6-7,10-11H2,1-2H3,(H2,17,18,20). The van der Waals surface area contributed by atoms with Gasteiger partial charge in [0.1, 0.15) is 0 Å². The molecule has 20 heavy (non-hydrogen) atoms. The first-order chi connectivity index (χ1) is 9.78. The molecular weight excluding hydrogens is 248 g/mol. The van der Waals surface area contributed by atoms with Crippen molar-refractivity contribution in [1.29, 1.82) is 0 Å². The average Bonchev–Trinajstić information content (AvgIpc) is 2.94. The van der Waals surface area contributed by atoms with Crippen molar-refractivity contribution >= 4 is 5.96 Å². The molecule has 0 atom stereocenters. The lowest BCUT2D eigenvalue weighted by Gasteiger charge is -2.16. The van der Waals surface area contributed by atoms with Gasteiger partial charge in [0.25, 0.3) is 0 Å². The molecule has 0 spiro atoms. The SMILES string of the molecule is CCNC(=NCCc1ccc(C)nc1)NC1CC=CC1. The summed E-state index contributed by atoms with van der Waals surface area (Å²) in [4.78, 5) is 8.94. The topological polar surface area (TPSA) is 49.3 Å². The summed E-state index contributed by atoms with van der Waals surface area (Å²) in [6.45, 7) is 5.76. The average molecular weight is 272 g/mol. The highest BCUT2D eigenvalue weighted by Crippen LogP contribution is 2.08. The molecule has 0 bridgehead atoms. The molecule has 1 aromatic heterocycles. The Labute approximate surface area is 121 Å². The molecule has 108 valence electrons. The maximum atomic E-state index is 4.63. The van der Waals surface area contributed by atoms with Gasteiger partial charge in [-0.15, -0.1) is 0 Å². The van der Waals surface area contributed by atoms with Gasteiger partial charge in [0, 0.05) is 31.0 Å². The van der Waals surface area contributed by atoms with E-state index in [9.17, 15) is 0 Å². The molecule has 1 aliphatic carbocycles. The minimum Gasteiger partial charge on any atom is -0.357 e. The van der Waals surface area contributed by atoms with Gasteiger partial charge in [-0.1, -0.05) is 18.2 Å². The zero-order valence-electron chi connectivity index (χ0n) is 12.4. The van der Waals surface area contributed by atoms with Gasteiger partial charge >= 0.3 is 0 Å². The lowest BCUT2D eigenvalue weighted by Crippen LogP contribution is -2.42. The normalized spacial score (nSPS) is 15.6. The predicted octanol–water partition coefficient (Wildman–Crippen LogP) is 2.21. The fraction of sp³-hybridized carbons (Fsp3) is 0.500. The molecule has 0 saturated heterocycles. The Kier molecular flexibility index (Phi) is 5.59. The van der Waals surface area contributed by atoms with E-state index in [1.165, 1.54) is 5.56 Å². The molecule has 1 aromatic rings. The molecule has 1 heterocycles. The first-order valence-corrected chi connectivity index (χ1v) is 7.39. The van der Waals surface area contributed by atoms with Gasteiger partial charge in [-0.3, -0.25) is 9.98 Å². The number of rotatable bonds is 5. The Balaban J connectivity index is 1.83. The van der Waals surface area contributed by atoms with Crippen LogP contribution in [0.4, 0.5) is 0 Å². The van der Waals surface area contributed by atoms with Crippen molar-refractivity contribution in [3.8, 4) is 0 Å². The Morgan fingerprint density at radius 3 is 2.80 bits per heavy atom. The van der Waals surface area contributed by atoms with Crippen LogP contribution in [0.2, 0.25) is 0 Å². The predicted molar refractivity (Wildman–Crippen MR) is 84.0 cm³/mol. The lowest BCUT2D eigenvalue weighted by atomic mass is 10.2. The van der Waals surface area contributed by atoms with E-state index in [-0.39, 0.29) is 0 Å². The molecule has 1 aliphatic rings. The highest BCUT2D eigenvalue weighted by Gasteiger charge is 2.11. The van der Waals surface area contributed by atoms with Crippen LogP contribution in [0.3, 0.4) is 0 Å². The number of aromatic nitrogens is 1. The molecule has 4 nitrogen and oxygen atoms in total. The fourth-order valence-electron chi connectivity index (χ4n) is 2.19. The van der Waals surface area contributed by atoms with E-state index in [0.29, 0.717) is 6.04 Å². The smallest absolute Gasteiger partial charge is 0.191 e. The van der Waals surface area contributed by atoms with Crippen LogP contribution in [0.5, 0.6) is 0 Å². The van der Waals surface area contributed by atoms with E-state index < -0.39 is 0 Å². The first kappa shape index (κ1) is 14.6. The summed E-state index contributed by atoms with van der Waals surface area (Å²) in [5, 5.41) is 6.77. The van der Waals surface area contributed by atoms with E-state index >= 15 is 0 Å². The van der Waals surface area contributed by atoms with Crippen molar-refractivity contribution in [2.75, 3.05) is 13.1 Å². The van der Waals surface area contributed by atoms with Crippen LogP contribution in [0.15, 0.2) is 35.5 Å². The second-order valence-electron chi connectivity index (χ2n) is 5.10. The molecule has 2 rings (SSSR count). The number of nitrogens with zero attached hydrogens (tertiary/aromatic N) is 2. The largest absolute Gasteiger partial charge is 0.357 e. The van der Waals surface area contributed by atoms with Crippen LogP contribution in [0.25, 0.3) is 0 Å². The third-order valence-corrected chi connectivity index (χ3v) is 3.34. The molecule has 4 heteroatoms. The zero-order valence-corrected chi connectivity index (χ0v) is 12.4. The number of guanidine groups is 1. The highest BCUT2D eigenvalue weighted by atomic mass is 15.2. The minimum absolute atomic E-state index is 0.494. The summed E-state index contributed by atoms with van der Waals surface area (Å²) < 4.78 is 0. The Hall–Kier alpha value is -1.84. The number of hydrogen-bond donors (Lipinski definition) is 2. The second kappa shape index (κ2) is 7.68. The molecule has 0 fully saturated rings. The van der Waals surface area contributed by atoms with Crippen LogP contribution in [-0.2, 0) is 6.42 Å². The Bertz CT molecular complexity index is 454. The number of nitrogens with one attached hydrogen (secondary N) is 2. The number of hydrogen-bond acceptors (Lipinski definition) is 2. The van der Waals surface area contributed by atoms with Crippen LogP contribution < -0.4 is 10.6 Å². The third kappa shape index (κ3) is 4.68. The van der Waals surface area contributed by atoms with E-state index in [1.54, 1.807) is 0 Å². The summed E-state index contributed by atoms with van der Waals surface area (Å²) in [6, 6.07) is 4.67. The maximum absolute atomic E-state index is 4.63. The molecule has 2 N–H and O–H groups in total. The Morgan fingerprint density at radius 2 is 2.15 bits per heavy atom. The molecule has 0 radical (unpaired) electrons. The van der Waals surface area contributed by atoms with Gasteiger partial charge in [-0.25, -0.2) is 0 Å². The van der Waals surface area contributed by atoms with E-state index in [1.807, 2.05) is 19.2 Å². The molecule has 0 aliphatic heterocycles. The minimum atomic E-state index is 0.494. The summed E-state index contributed by atoms with van der Waals surface area (Å²) in [5.41, 5.74) is 2.29. The molecule has 0 aromatic carbocycles. The van der Waals surface area contributed by atoms with Crippen molar-refractivity contribution in [1.82, 2.24) is 15.6 Å². The van der Waals surface area contributed by atoms with Gasteiger partial charge in [-0.05, 0) is 44.7 Å². The monoisotopic (exact) mass is 272 g/mol. The molecule has 0 amide bonds. The van der Waals surface area contributed by atoms with Crippen LogP contribution >= 0.6 is 0 Å². The van der Waals surface area contributed by atoms with E-state index in [4.69, 9.17) is 0 Å². The summed E-state index contributed by atoms with van der Waals surface area (Å²) in [6.07, 6.45) is 9.48. The number of aliphatic imine (C=N–C) groups is 1. The third-order valence-electron chi connectivity index (χ3n) is 3.34. The van der Waals surface area contributed by atoms with Crippen LogP contribution in [-0.4, -0.2) is 30.1 Å². The zero-order chi connectivity index (χ0) is 14.2. The van der Waals surface area contributed by atoms with Crippen LogP contribution in [0.1, 0.15) is 31.0 Å². The maximum Gasteiger partial charge on any atom is 0.191 e. The van der Waals surface area contributed by atoms with Gasteiger partial charge in [0.2, 0.25) is 0 Å². The van der Waals surface area contributed by atoms with Gasteiger partial charge < -0.3 is 10.6 Å². The molecule has 0 unspecified atom stereocenters. The first-order valence-electron chi connectivity index (χ1n) is 7.39. The Morgan fingerprint density at radius 1 is 1.35 bits per heavy atom. The van der Waals surface area contributed by atoms with Crippen LogP contribution in [0, 0.1) is 6.92 Å². The number of pyridine rings is 1. The van der Waals surface area contributed by atoms with E-state index in [0.717, 1.165) is 44.0 Å². The second-order valence-corrected chi connectivity index (χ2v) is 5.10. The van der Waals surface area contributed by atoms with Gasteiger partial charge in [-0.2, -0.15) is 0 Å². The van der Waals surface area contributed by atoms with Crippen molar-refractivity contribution in [2.24, 2.45) is 4.99 Å². The number of aryl methyl sites for hydroxylation is 1. The lowest BCUT2D eigenvalue weighted by molar-refractivity contribution is 0.633. The van der Waals surface area contributed by atoms with Crippen molar-refractivity contribution in [3.05, 3.63) is 41.7 Å². The summed E-state index contributed by atoms with van der Waals surface area (Å²) >= 11 is 0. The van der Waals surface area contributed by atoms with Crippen molar-refractivity contribution in [2.45, 2.75) is 39.2 Å². The van der Waals surface area contributed by atoms with Crippen molar-refractivity contribution in [3.63, 3.8) is 0 Å². The summed E-state index contributed by atoms with van der Waals surface area (Å²) in [7, 11) is 0. The van der Waals surface area contributed by atoms with Gasteiger partial charge in [0.15, 0.2) is 5.96 Å². The quantitative estimate of drug-likeness (QED) is 0.491. The summed E-state index contributed by atoms with van der Waals surface area (Å²) in [5.74, 6) is 0.918. The highest BCUT2D eigenvalue weighted by molar-refractivity contribution is 5.80. The molecule has 0 saturated carbocycles.